The molecule has 3 aromatic carbocycles. The van der Waals surface area contributed by atoms with Crippen LogP contribution in [0.15, 0.2) is 90.7 Å². The molecule has 5 aromatic rings. The SMILES string of the molecule is CCC1=CC(C)(S(=O)(=O)n2ccc3c(C(O)c4nc5ccc(C#N)cc5[nH]4)ccc(C)c32)CC(c2ccccc2)=C1. The number of fused-ring (bicyclic) bond motifs is 2. The third-order valence-corrected chi connectivity index (χ3v) is 10.3. The molecule has 0 saturated heterocycles. The van der Waals surface area contributed by atoms with E-state index in [0.717, 1.165) is 28.7 Å². The molecule has 41 heavy (non-hydrogen) atoms. The number of nitrogens with zero attached hydrogens (tertiary/aromatic N) is 3. The standard InChI is InChI=1S/C33H30N4O3S/c1-4-22-16-25(24-8-6-5-7-9-24)19-33(3,18-22)41(39,40)37-15-14-26-27(12-10-21(2)30(26)37)31(38)32-35-28-13-11-23(20-34)17-29(28)36-32/h5-18,31,38H,4,19H2,1-3H3,(H,35,36). The molecule has 0 aliphatic heterocycles. The topological polar surface area (TPSA) is 112 Å². The fourth-order valence-electron chi connectivity index (χ4n) is 5.80. The van der Waals surface area contributed by atoms with Crippen LogP contribution < -0.4 is 0 Å². The number of rotatable bonds is 6. The van der Waals surface area contributed by atoms with Gasteiger partial charge in [0.25, 0.3) is 0 Å². The zero-order valence-electron chi connectivity index (χ0n) is 23.1. The smallest absolute Gasteiger partial charge is 0.248 e. The van der Waals surface area contributed by atoms with E-state index < -0.39 is 20.9 Å². The Morgan fingerprint density at radius 1 is 1.15 bits per heavy atom. The molecular formula is C33H30N4O3S. The van der Waals surface area contributed by atoms with Crippen molar-refractivity contribution in [2.24, 2.45) is 0 Å². The summed E-state index contributed by atoms with van der Waals surface area (Å²) in [6.07, 6.45) is 5.51. The Labute approximate surface area is 239 Å². The van der Waals surface area contributed by atoms with Crippen molar-refractivity contribution in [1.82, 2.24) is 13.9 Å². The Bertz CT molecular complexity index is 2030. The van der Waals surface area contributed by atoms with E-state index in [1.54, 1.807) is 43.5 Å². The molecule has 2 heterocycles. The number of aryl methyl sites for hydroxylation is 1. The van der Waals surface area contributed by atoms with Gasteiger partial charge in [0, 0.05) is 11.6 Å². The zero-order valence-corrected chi connectivity index (χ0v) is 23.9. The van der Waals surface area contributed by atoms with Crippen LogP contribution in [-0.2, 0) is 10.0 Å². The highest BCUT2D eigenvalue weighted by atomic mass is 32.2. The van der Waals surface area contributed by atoms with Crippen LogP contribution in [0.4, 0.5) is 0 Å². The Kier molecular flexibility index (Phi) is 6.45. The number of allylic oxidation sites excluding steroid dienone is 3. The van der Waals surface area contributed by atoms with Gasteiger partial charge in [-0.2, -0.15) is 5.26 Å². The van der Waals surface area contributed by atoms with Crippen LogP contribution in [0, 0.1) is 18.3 Å². The van der Waals surface area contributed by atoms with E-state index in [9.17, 15) is 18.8 Å². The summed E-state index contributed by atoms with van der Waals surface area (Å²) in [4.78, 5) is 7.66. The number of aromatic nitrogens is 3. The van der Waals surface area contributed by atoms with Crippen molar-refractivity contribution in [3.8, 4) is 6.07 Å². The van der Waals surface area contributed by atoms with Gasteiger partial charge in [0.05, 0.1) is 28.2 Å². The Hall–Kier alpha value is -4.45. The minimum absolute atomic E-state index is 0.322. The fraction of sp³-hybridized carbons (Fsp3) is 0.212. The van der Waals surface area contributed by atoms with Crippen molar-refractivity contribution in [3.05, 3.63) is 119 Å². The first-order chi connectivity index (χ1) is 19.6. The number of aliphatic hydroxyl groups excluding tert-OH is 1. The molecule has 0 radical (unpaired) electrons. The number of aromatic amines is 1. The molecule has 0 bridgehead atoms. The van der Waals surface area contributed by atoms with Crippen molar-refractivity contribution >= 4 is 37.5 Å². The maximum Gasteiger partial charge on any atom is 0.248 e. The maximum absolute atomic E-state index is 14.5. The highest BCUT2D eigenvalue weighted by Crippen LogP contribution is 2.41. The van der Waals surface area contributed by atoms with Gasteiger partial charge in [-0.15, -0.1) is 0 Å². The summed E-state index contributed by atoms with van der Waals surface area (Å²) in [7, 11) is -3.92. The summed E-state index contributed by atoms with van der Waals surface area (Å²) in [5.74, 6) is 0.322. The minimum atomic E-state index is -3.92. The first-order valence-corrected chi connectivity index (χ1v) is 15.0. The fourth-order valence-corrected chi connectivity index (χ4v) is 7.59. The van der Waals surface area contributed by atoms with Gasteiger partial charge in [-0.25, -0.2) is 17.4 Å². The number of nitrogens with one attached hydrogen (secondary N) is 1. The van der Waals surface area contributed by atoms with Crippen LogP contribution in [-0.4, -0.2) is 32.2 Å². The lowest BCUT2D eigenvalue weighted by molar-refractivity contribution is 0.213. The molecule has 2 atom stereocenters. The summed E-state index contributed by atoms with van der Waals surface area (Å²) in [6.45, 7) is 5.70. The first kappa shape index (κ1) is 26.8. The number of aliphatic hydroxyl groups is 1. The minimum Gasteiger partial charge on any atom is -0.380 e. The highest BCUT2D eigenvalue weighted by molar-refractivity contribution is 7.91. The van der Waals surface area contributed by atoms with Crippen molar-refractivity contribution in [2.45, 2.75) is 44.5 Å². The second kappa shape index (κ2) is 9.88. The van der Waals surface area contributed by atoms with E-state index in [1.165, 1.54) is 3.97 Å². The second-order valence-corrected chi connectivity index (χ2v) is 13.1. The quantitative estimate of drug-likeness (QED) is 0.244. The van der Waals surface area contributed by atoms with Gasteiger partial charge in [0.15, 0.2) is 0 Å². The van der Waals surface area contributed by atoms with Gasteiger partial charge in [-0.05, 0) is 73.2 Å². The predicted molar refractivity (Wildman–Crippen MR) is 162 cm³/mol. The Morgan fingerprint density at radius 3 is 2.66 bits per heavy atom. The maximum atomic E-state index is 14.5. The zero-order chi connectivity index (χ0) is 28.9. The molecule has 1 aliphatic carbocycles. The van der Waals surface area contributed by atoms with E-state index in [0.29, 0.717) is 45.3 Å². The molecule has 8 heteroatoms. The van der Waals surface area contributed by atoms with Gasteiger partial charge >= 0.3 is 0 Å². The molecule has 2 aromatic heterocycles. The summed E-state index contributed by atoms with van der Waals surface area (Å²) < 4.78 is 29.2. The average Bonchev–Trinajstić information content (AvgIpc) is 3.63. The predicted octanol–water partition coefficient (Wildman–Crippen LogP) is 6.54. The van der Waals surface area contributed by atoms with Crippen molar-refractivity contribution in [1.29, 1.82) is 5.26 Å². The number of nitriles is 1. The lowest BCUT2D eigenvalue weighted by atomic mass is 9.86. The molecule has 1 aliphatic rings. The third kappa shape index (κ3) is 4.38. The molecule has 6 rings (SSSR count). The van der Waals surface area contributed by atoms with Crippen molar-refractivity contribution in [3.63, 3.8) is 0 Å². The van der Waals surface area contributed by atoms with E-state index in [1.807, 2.05) is 56.3 Å². The monoisotopic (exact) mass is 562 g/mol. The summed E-state index contributed by atoms with van der Waals surface area (Å²) in [6, 6.07) is 22.5. The van der Waals surface area contributed by atoms with Gasteiger partial charge in [-0.3, -0.25) is 0 Å². The molecule has 0 amide bonds. The molecule has 206 valence electrons. The van der Waals surface area contributed by atoms with E-state index in [-0.39, 0.29) is 0 Å². The van der Waals surface area contributed by atoms with Crippen molar-refractivity contribution < 1.29 is 13.5 Å². The Morgan fingerprint density at radius 2 is 1.93 bits per heavy atom. The summed E-state index contributed by atoms with van der Waals surface area (Å²) >= 11 is 0. The van der Waals surface area contributed by atoms with Crippen LogP contribution in [0.1, 0.15) is 60.9 Å². The number of benzene rings is 3. The number of hydrogen-bond donors (Lipinski definition) is 2. The van der Waals surface area contributed by atoms with Crippen LogP contribution in [0.25, 0.3) is 27.5 Å². The first-order valence-electron chi connectivity index (χ1n) is 13.6. The lowest BCUT2D eigenvalue weighted by Crippen LogP contribution is -2.39. The normalized spacial score (nSPS) is 18.2. The van der Waals surface area contributed by atoms with Gasteiger partial charge in [-0.1, -0.05) is 67.1 Å². The molecule has 0 saturated carbocycles. The van der Waals surface area contributed by atoms with Crippen molar-refractivity contribution in [2.75, 3.05) is 0 Å². The second-order valence-electron chi connectivity index (χ2n) is 10.8. The van der Waals surface area contributed by atoms with Gasteiger partial charge in [0.2, 0.25) is 10.0 Å². The molecule has 2 N–H and O–H groups in total. The number of imidazole rings is 1. The molecule has 2 unspecified atom stereocenters. The van der Waals surface area contributed by atoms with E-state index in [2.05, 4.69) is 22.1 Å². The van der Waals surface area contributed by atoms with Crippen LogP contribution >= 0.6 is 0 Å². The van der Waals surface area contributed by atoms with Crippen LogP contribution in [0.5, 0.6) is 0 Å². The highest BCUT2D eigenvalue weighted by Gasteiger charge is 2.42. The van der Waals surface area contributed by atoms with E-state index in [4.69, 9.17) is 0 Å². The van der Waals surface area contributed by atoms with Crippen LogP contribution in [0.3, 0.4) is 0 Å². The summed E-state index contributed by atoms with van der Waals surface area (Å²) in [5.41, 5.74) is 6.62. The largest absolute Gasteiger partial charge is 0.380 e. The summed E-state index contributed by atoms with van der Waals surface area (Å²) in [5, 5.41) is 21.3. The molecule has 0 spiro atoms. The Balaban J connectivity index is 1.44. The molecule has 0 fully saturated rings. The molecular weight excluding hydrogens is 532 g/mol. The van der Waals surface area contributed by atoms with Crippen LogP contribution in [0.2, 0.25) is 0 Å². The van der Waals surface area contributed by atoms with Gasteiger partial charge < -0.3 is 10.1 Å². The molecule has 7 nitrogen and oxygen atoms in total. The average molecular weight is 563 g/mol. The van der Waals surface area contributed by atoms with Gasteiger partial charge in [0.1, 0.15) is 16.7 Å². The van der Waals surface area contributed by atoms with E-state index >= 15 is 0 Å². The number of hydrogen-bond acceptors (Lipinski definition) is 5. The number of H-pyrrole nitrogens is 1. The third-order valence-electron chi connectivity index (χ3n) is 8.03. The lowest BCUT2D eigenvalue weighted by Gasteiger charge is -2.32.